The third-order valence-corrected chi connectivity index (χ3v) is 4.23. The molecule has 1 aromatic rings. The highest BCUT2D eigenvalue weighted by molar-refractivity contribution is 7.91. The van der Waals surface area contributed by atoms with E-state index in [1.807, 2.05) is 0 Å². The van der Waals surface area contributed by atoms with Crippen LogP contribution in [0.5, 0.6) is 0 Å². The first-order valence-corrected chi connectivity index (χ1v) is 6.41. The van der Waals surface area contributed by atoms with Crippen LogP contribution in [0.3, 0.4) is 0 Å². The van der Waals surface area contributed by atoms with Crippen molar-refractivity contribution in [2.24, 2.45) is 0 Å². The van der Waals surface area contributed by atoms with Crippen LogP contribution in [0.15, 0.2) is 24.5 Å². The predicted octanol–water partition coefficient (Wildman–Crippen LogP) is -0.702. The summed E-state index contributed by atoms with van der Waals surface area (Å²) in [5, 5.41) is 17.3. The Labute approximate surface area is 87.4 Å². The van der Waals surface area contributed by atoms with E-state index in [0.29, 0.717) is 5.36 Å². The van der Waals surface area contributed by atoms with Gasteiger partial charge in [-0.25, -0.2) is 8.42 Å². The average molecular weight is 228 g/mol. The molecule has 0 unspecified atom stereocenters. The van der Waals surface area contributed by atoms with Crippen LogP contribution >= 0.6 is 0 Å². The molecule has 0 bridgehead atoms. The van der Waals surface area contributed by atoms with Gasteiger partial charge in [0, 0.05) is 12.4 Å². The quantitative estimate of drug-likeness (QED) is 0.666. The third kappa shape index (κ3) is 2.10. The molecule has 5 nitrogen and oxygen atoms in total. The molecule has 2 rings (SSSR count). The molecule has 0 aliphatic carbocycles. The minimum absolute atomic E-state index is 0.0316. The monoisotopic (exact) mass is 228 g/mol. The molecule has 1 aromatic heterocycles. The van der Waals surface area contributed by atoms with Gasteiger partial charge in [0.2, 0.25) is 0 Å². The van der Waals surface area contributed by atoms with Gasteiger partial charge < -0.3 is 15.1 Å². The van der Waals surface area contributed by atoms with E-state index in [0.717, 1.165) is 0 Å². The topological polar surface area (TPSA) is 83.2 Å². The van der Waals surface area contributed by atoms with Crippen LogP contribution in [0, 0.1) is 5.41 Å². The van der Waals surface area contributed by atoms with Crippen molar-refractivity contribution in [3.8, 4) is 0 Å². The highest BCUT2D eigenvalue weighted by Gasteiger charge is 2.36. The normalized spacial score (nSPS) is 29.1. The first-order valence-electron chi connectivity index (χ1n) is 4.59. The van der Waals surface area contributed by atoms with E-state index in [2.05, 4.69) is 0 Å². The number of hydrogen-bond donors (Lipinski definition) is 2. The van der Waals surface area contributed by atoms with Crippen LogP contribution in [0.2, 0.25) is 0 Å². The number of aliphatic hydroxyl groups excluding tert-OH is 1. The smallest absolute Gasteiger partial charge is 0.155 e. The number of pyridine rings is 1. The van der Waals surface area contributed by atoms with Gasteiger partial charge in [-0.1, -0.05) is 0 Å². The van der Waals surface area contributed by atoms with E-state index in [9.17, 15) is 13.5 Å². The van der Waals surface area contributed by atoms with Gasteiger partial charge in [-0.2, -0.15) is 0 Å². The summed E-state index contributed by atoms with van der Waals surface area (Å²) in [4.78, 5) is 0. The van der Waals surface area contributed by atoms with Gasteiger partial charge in [0.25, 0.3) is 0 Å². The lowest BCUT2D eigenvalue weighted by atomic mass is 10.2. The maximum Gasteiger partial charge on any atom is 0.155 e. The van der Waals surface area contributed by atoms with E-state index < -0.39 is 22.0 Å². The van der Waals surface area contributed by atoms with Crippen molar-refractivity contribution in [1.29, 1.82) is 5.41 Å². The molecule has 1 aliphatic heterocycles. The largest absolute Gasteiger partial charge is 0.390 e. The molecule has 1 aliphatic rings. The van der Waals surface area contributed by atoms with E-state index in [1.54, 1.807) is 29.1 Å². The molecule has 0 amide bonds. The average Bonchev–Trinajstić information content (AvgIpc) is 2.41. The minimum Gasteiger partial charge on any atom is -0.390 e. The summed E-state index contributed by atoms with van der Waals surface area (Å²) >= 11 is 0. The number of sulfone groups is 1. The Morgan fingerprint density at radius 3 is 2.40 bits per heavy atom. The first kappa shape index (κ1) is 10.4. The van der Waals surface area contributed by atoms with Crippen molar-refractivity contribution in [2.75, 3.05) is 11.5 Å². The molecular weight excluding hydrogens is 216 g/mol. The first-order chi connectivity index (χ1) is 6.98. The molecule has 82 valence electrons. The molecule has 0 aromatic carbocycles. The van der Waals surface area contributed by atoms with Crippen molar-refractivity contribution >= 4 is 9.84 Å². The molecule has 1 saturated heterocycles. The van der Waals surface area contributed by atoms with Crippen molar-refractivity contribution in [3.63, 3.8) is 0 Å². The number of nitrogens with zero attached hydrogens (tertiary/aromatic N) is 1. The van der Waals surface area contributed by atoms with Crippen LogP contribution in [0.1, 0.15) is 6.04 Å². The molecular formula is C9H12N2O3S. The van der Waals surface area contributed by atoms with E-state index in [1.165, 1.54) is 0 Å². The van der Waals surface area contributed by atoms with Crippen LogP contribution in [-0.2, 0) is 9.84 Å². The van der Waals surface area contributed by atoms with Gasteiger partial charge in [-0.05, 0) is 12.1 Å². The summed E-state index contributed by atoms with van der Waals surface area (Å²) in [5.74, 6) is -0.205. The molecule has 15 heavy (non-hydrogen) atoms. The Morgan fingerprint density at radius 2 is 1.93 bits per heavy atom. The maximum absolute atomic E-state index is 11.3. The Balaban J connectivity index is 2.33. The second-order valence-corrected chi connectivity index (χ2v) is 5.90. The fraction of sp³-hybridized carbons (Fsp3) is 0.444. The molecule has 1 fully saturated rings. The zero-order valence-corrected chi connectivity index (χ0v) is 8.81. The van der Waals surface area contributed by atoms with Gasteiger partial charge in [-0.15, -0.1) is 0 Å². The molecule has 0 spiro atoms. The maximum atomic E-state index is 11.3. The van der Waals surface area contributed by atoms with Crippen LogP contribution < -0.4 is 5.36 Å². The van der Waals surface area contributed by atoms with Gasteiger partial charge in [-0.3, -0.25) is 0 Å². The van der Waals surface area contributed by atoms with Crippen molar-refractivity contribution in [3.05, 3.63) is 29.9 Å². The molecule has 0 radical (unpaired) electrons. The minimum atomic E-state index is -3.12. The molecule has 2 N–H and O–H groups in total. The number of nitrogens with one attached hydrogen (secondary N) is 1. The Morgan fingerprint density at radius 1 is 1.33 bits per heavy atom. The van der Waals surface area contributed by atoms with Gasteiger partial charge in [0.05, 0.1) is 29.0 Å². The van der Waals surface area contributed by atoms with Crippen LogP contribution in [0.4, 0.5) is 0 Å². The van der Waals surface area contributed by atoms with Gasteiger partial charge in [0.1, 0.15) is 0 Å². The summed E-state index contributed by atoms with van der Waals surface area (Å²) in [6, 6.07) is 2.71. The van der Waals surface area contributed by atoms with E-state index in [-0.39, 0.29) is 11.5 Å². The lowest BCUT2D eigenvalue weighted by Crippen LogP contribution is -2.22. The summed E-state index contributed by atoms with van der Waals surface area (Å²) in [7, 11) is -3.12. The molecule has 2 heterocycles. The van der Waals surface area contributed by atoms with Crippen LogP contribution in [0.25, 0.3) is 0 Å². The molecule has 6 heteroatoms. The second kappa shape index (κ2) is 3.46. The van der Waals surface area contributed by atoms with E-state index >= 15 is 0 Å². The fourth-order valence-electron chi connectivity index (χ4n) is 1.75. The zero-order chi connectivity index (χ0) is 11.1. The predicted molar refractivity (Wildman–Crippen MR) is 54.0 cm³/mol. The lowest BCUT2D eigenvalue weighted by Gasteiger charge is -2.16. The number of hydrogen-bond acceptors (Lipinski definition) is 4. The zero-order valence-electron chi connectivity index (χ0n) is 8.00. The number of aromatic nitrogens is 1. The fourth-order valence-corrected chi connectivity index (χ4v) is 3.55. The van der Waals surface area contributed by atoms with Crippen molar-refractivity contribution in [2.45, 2.75) is 12.1 Å². The number of aliphatic hydroxyl groups is 1. The highest BCUT2D eigenvalue weighted by Crippen LogP contribution is 2.23. The van der Waals surface area contributed by atoms with Gasteiger partial charge in [0.15, 0.2) is 9.84 Å². The molecule has 2 atom stereocenters. The van der Waals surface area contributed by atoms with Crippen molar-refractivity contribution < 1.29 is 13.5 Å². The molecule has 0 saturated carbocycles. The number of rotatable bonds is 1. The van der Waals surface area contributed by atoms with Crippen LogP contribution in [-0.4, -0.2) is 35.7 Å². The standard InChI is InChI=1S/C9H12N2O3S/c10-7-1-3-11(4-2-7)8-5-15(13,14)6-9(8)12/h1-4,8-10,12H,5-6H2/t8-,9-/m0/s1. The third-order valence-electron chi connectivity index (χ3n) is 2.53. The lowest BCUT2D eigenvalue weighted by molar-refractivity contribution is 0.153. The summed E-state index contributed by atoms with van der Waals surface area (Å²) in [6.45, 7) is 0. The van der Waals surface area contributed by atoms with Gasteiger partial charge >= 0.3 is 0 Å². The SMILES string of the molecule is N=c1ccn([C@H]2CS(=O)(=O)C[C@@H]2O)cc1. The summed E-state index contributed by atoms with van der Waals surface area (Å²) in [6.07, 6.45) is 2.39. The Hall–Kier alpha value is -1.14. The Bertz CT molecular complexity index is 500. The van der Waals surface area contributed by atoms with E-state index in [4.69, 9.17) is 5.41 Å². The summed E-state index contributed by atoms with van der Waals surface area (Å²) < 4.78 is 24.2. The summed E-state index contributed by atoms with van der Waals surface area (Å²) in [5.41, 5.74) is 0. The Kier molecular flexibility index (Phi) is 2.40. The van der Waals surface area contributed by atoms with Crippen molar-refractivity contribution in [1.82, 2.24) is 4.57 Å². The second-order valence-electron chi connectivity index (χ2n) is 3.75. The highest BCUT2D eigenvalue weighted by atomic mass is 32.2.